The molecule has 8 nitrogen and oxygen atoms in total. The van der Waals surface area contributed by atoms with Crippen LogP contribution in [0.3, 0.4) is 0 Å². The number of aromatic nitrogens is 2. The van der Waals surface area contributed by atoms with Gasteiger partial charge in [0.05, 0.1) is 28.7 Å². The quantitative estimate of drug-likeness (QED) is 0.221. The lowest BCUT2D eigenvalue weighted by molar-refractivity contribution is -0.118. The summed E-state index contributed by atoms with van der Waals surface area (Å²) in [7, 11) is 0. The van der Waals surface area contributed by atoms with Crippen molar-refractivity contribution in [2.75, 3.05) is 18.5 Å². The molecule has 4 aromatic rings. The summed E-state index contributed by atoms with van der Waals surface area (Å²) in [5.41, 5.74) is 1.26. The Labute approximate surface area is 237 Å². The van der Waals surface area contributed by atoms with Gasteiger partial charge in [-0.2, -0.15) is 9.78 Å². The van der Waals surface area contributed by atoms with E-state index in [-0.39, 0.29) is 28.9 Å². The zero-order chi connectivity index (χ0) is 28.1. The highest BCUT2D eigenvalue weighted by molar-refractivity contribution is 9.10. The number of benzene rings is 3. The number of fused-ring (bicyclic) bond motifs is 1. The molecular weight excluding hydrogens is 591 g/mol. The summed E-state index contributed by atoms with van der Waals surface area (Å²) < 4.78 is 26.5. The van der Waals surface area contributed by atoms with Crippen molar-refractivity contribution in [2.45, 2.75) is 26.7 Å². The zero-order valence-corrected chi connectivity index (χ0v) is 23.7. The summed E-state index contributed by atoms with van der Waals surface area (Å²) in [4.78, 5) is 30.3. The topological polar surface area (TPSA) is 94.8 Å². The Morgan fingerprint density at radius 3 is 2.62 bits per heavy atom. The van der Waals surface area contributed by atoms with E-state index in [4.69, 9.17) is 21.1 Å². The standard InChI is InChI=1S/C28H25BrClFN4O4/c1-4-38-24-12-17(11-22(30)26(24)39-15-25(36)33-20-8-6-19(31)7-9-20)14-32-35-27(16(2)3)34-23-10-5-18(29)13-21(23)28(35)37/h5-14,16H,4,15H2,1-3H3,(H,33,36). The number of carbonyl (C=O) groups excluding carboxylic acids is 1. The molecular formula is C28H25BrClFN4O4. The Kier molecular flexibility index (Phi) is 8.98. The predicted octanol–water partition coefficient (Wildman–Crippen LogP) is 6.37. The third kappa shape index (κ3) is 6.82. The summed E-state index contributed by atoms with van der Waals surface area (Å²) in [6, 6.07) is 13.9. The van der Waals surface area contributed by atoms with Crippen LogP contribution in [0, 0.1) is 5.82 Å². The van der Waals surface area contributed by atoms with Crippen molar-refractivity contribution in [3.8, 4) is 11.5 Å². The van der Waals surface area contributed by atoms with Gasteiger partial charge in [-0.3, -0.25) is 9.59 Å². The van der Waals surface area contributed by atoms with Crippen molar-refractivity contribution < 1.29 is 18.7 Å². The van der Waals surface area contributed by atoms with Gasteiger partial charge in [0.25, 0.3) is 11.5 Å². The molecule has 0 fully saturated rings. The van der Waals surface area contributed by atoms with Crippen LogP contribution in [-0.2, 0) is 4.79 Å². The number of ether oxygens (including phenoxy) is 2. The number of amides is 1. The SMILES string of the molecule is CCOc1cc(C=Nn2c(C(C)C)nc3ccc(Br)cc3c2=O)cc(Cl)c1OCC(=O)Nc1ccc(F)cc1. The minimum absolute atomic E-state index is 0.0673. The summed E-state index contributed by atoms with van der Waals surface area (Å²) in [5, 5.41) is 7.67. The molecule has 0 spiro atoms. The van der Waals surface area contributed by atoms with E-state index in [1.165, 1.54) is 35.2 Å². The summed E-state index contributed by atoms with van der Waals surface area (Å²) in [6.45, 7) is 5.63. The van der Waals surface area contributed by atoms with E-state index in [1.807, 2.05) is 19.9 Å². The van der Waals surface area contributed by atoms with E-state index < -0.39 is 11.7 Å². The van der Waals surface area contributed by atoms with Gasteiger partial charge in [-0.05, 0) is 67.1 Å². The fourth-order valence-corrected chi connectivity index (χ4v) is 4.34. The molecule has 0 unspecified atom stereocenters. The first-order chi connectivity index (χ1) is 18.7. The number of carbonyl (C=O) groups is 1. The second-order valence-corrected chi connectivity index (χ2v) is 10.1. The van der Waals surface area contributed by atoms with Crippen molar-refractivity contribution in [3.05, 3.63) is 91.7 Å². The Morgan fingerprint density at radius 2 is 1.92 bits per heavy atom. The van der Waals surface area contributed by atoms with Crippen LogP contribution in [0.2, 0.25) is 5.02 Å². The average molecular weight is 616 g/mol. The molecule has 3 aromatic carbocycles. The summed E-state index contributed by atoms with van der Waals surface area (Å²) >= 11 is 9.89. The van der Waals surface area contributed by atoms with Crippen LogP contribution in [0.1, 0.15) is 38.1 Å². The number of nitrogens with one attached hydrogen (secondary N) is 1. The van der Waals surface area contributed by atoms with Crippen LogP contribution >= 0.6 is 27.5 Å². The Hall–Kier alpha value is -3.76. The van der Waals surface area contributed by atoms with Crippen molar-refractivity contribution in [1.82, 2.24) is 9.66 Å². The molecule has 11 heteroatoms. The molecule has 0 aliphatic heterocycles. The molecule has 0 saturated heterocycles. The van der Waals surface area contributed by atoms with Gasteiger partial charge < -0.3 is 14.8 Å². The maximum atomic E-state index is 13.3. The molecule has 1 aromatic heterocycles. The highest BCUT2D eigenvalue weighted by Gasteiger charge is 2.16. The minimum Gasteiger partial charge on any atom is -0.490 e. The van der Waals surface area contributed by atoms with E-state index in [2.05, 4.69) is 31.3 Å². The fourth-order valence-electron chi connectivity index (χ4n) is 3.71. The molecule has 0 aliphatic carbocycles. The van der Waals surface area contributed by atoms with E-state index in [0.29, 0.717) is 40.3 Å². The minimum atomic E-state index is -0.457. The summed E-state index contributed by atoms with van der Waals surface area (Å²) in [5.74, 6) is 0.0647. The molecule has 0 atom stereocenters. The first-order valence-electron chi connectivity index (χ1n) is 12.1. The van der Waals surface area contributed by atoms with Gasteiger partial charge in [-0.15, -0.1) is 0 Å². The van der Waals surface area contributed by atoms with Crippen LogP contribution in [0.4, 0.5) is 10.1 Å². The number of halogens is 3. The Morgan fingerprint density at radius 1 is 1.18 bits per heavy atom. The van der Waals surface area contributed by atoms with Gasteiger partial charge in [0.15, 0.2) is 18.1 Å². The van der Waals surface area contributed by atoms with Crippen molar-refractivity contribution in [3.63, 3.8) is 0 Å². The maximum absolute atomic E-state index is 13.3. The van der Waals surface area contributed by atoms with Gasteiger partial charge in [-0.25, -0.2) is 9.37 Å². The van der Waals surface area contributed by atoms with Gasteiger partial charge in [0.2, 0.25) is 0 Å². The zero-order valence-electron chi connectivity index (χ0n) is 21.4. The van der Waals surface area contributed by atoms with Crippen LogP contribution in [0.25, 0.3) is 10.9 Å². The largest absolute Gasteiger partial charge is 0.490 e. The van der Waals surface area contributed by atoms with Crippen LogP contribution in [0.15, 0.2) is 69.0 Å². The van der Waals surface area contributed by atoms with Gasteiger partial charge >= 0.3 is 0 Å². The molecule has 4 rings (SSSR count). The third-order valence-electron chi connectivity index (χ3n) is 5.48. The molecule has 0 bridgehead atoms. The molecule has 39 heavy (non-hydrogen) atoms. The van der Waals surface area contributed by atoms with Crippen LogP contribution < -0.4 is 20.3 Å². The molecule has 0 saturated carbocycles. The second kappa shape index (κ2) is 12.4. The van der Waals surface area contributed by atoms with E-state index >= 15 is 0 Å². The smallest absolute Gasteiger partial charge is 0.282 e. The first-order valence-corrected chi connectivity index (χ1v) is 13.2. The van der Waals surface area contributed by atoms with Crippen LogP contribution in [0.5, 0.6) is 11.5 Å². The number of hydrogen-bond donors (Lipinski definition) is 1. The lowest BCUT2D eigenvalue weighted by atomic mass is 10.2. The fraction of sp³-hybridized carbons (Fsp3) is 0.214. The Bertz CT molecular complexity index is 1610. The van der Waals surface area contributed by atoms with Crippen molar-refractivity contribution >= 4 is 56.2 Å². The molecule has 0 aliphatic rings. The number of hydrogen-bond acceptors (Lipinski definition) is 6. The Balaban J connectivity index is 1.60. The van der Waals surface area contributed by atoms with Gasteiger partial charge in [0, 0.05) is 16.1 Å². The lowest BCUT2D eigenvalue weighted by Crippen LogP contribution is -2.23. The molecule has 1 heterocycles. The van der Waals surface area contributed by atoms with Gasteiger partial charge in [0.1, 0.15) is 11.6 Å². The normalized spacial score (nSPS) is 11.4. The van der Waals surface area contributed by atoms with E-state index in [9.17, 15) is 14.0 Å². The van der Waals surface area contributed by atoms with Crippen molar-refractivity contribution in [2.24, 2.45) is 5.10 Å². The highest BCUT2D eigenvalue weighted by atomic mass is 79.9. The lowest BCUT2D eigenvalue weighted by Gasteiger charge is -2.15. The molecule has 1 N–H and O–H groups in total. The van der Waals surface area contributed by atoms with Crippen molar-refractivity contribution in [1.29, 1.82) is 0 Å². The predicted molar refractivity (Wildman–Crippen MR) is 154 cm³/mol. The highest BCUT2D eigenvalue weighted by Crippen LogP contribution is 2.36. The molecule has 202 valence electrons. The van der Waals surface area contributed by atoms with Gasteiger partial charge in [-0.1, -0.05) is 41.4 Å². The average Bonchev–Trinajstić information content (AvgIpc) is 2.89. The maximum Gasteiger partial charge on any atom is 0.282 e. The van der Waals surface area contributed by atoms with E-state index in [1.54, 1.807) is 31.2 Å². The number of anilines is 1. The monoisotopic (exact) mass is 614 g/mol. The number of nitrogens with zero attached hydrogens (tertiary/aromatic N) is 3. The van der Waals surface area contributed by atoms with Crippen LogP contribution in [-0.4, -0.2) is 35.0 Å². The third-order valence-corrected chi connectivity index (χ3v) is 6.25. The number of rotatable bonds is 9. The second-order valence-electron chi connectivity index (χ2n) is 8.75. The van der Waals surface area contributed by atoms with E-state index in [0.717, 1.165) is 4.47 Å². The first kappa shape index (κ1) is 28.3. The molecule has 0 radical (unpaired) electrons. The molecule has 1 amide bonds. The summed E-state index contributed by atoms with van der Waals surface area (Å²) in [6.07, 6.45) is 1.48.